The number of rotatable bonds is 4. The molecule has 0 saturated carbocycles. The Morgan fingerprint density at radius 1 is 0.919 bits per heavy atom. The molecule has 0 radical (unpaired) electrons. The predicted molar refractivity (Wildman–Crippen MR) is 147 cm³/mol. The molecule has 0 amide bonds. The topological polar surface area (TPSA) is 24.8 Å². The molecule has 0 N–H and O–H groups in total. The van der Waals surface area contributed by atoms with Crippen LogP contribution in [0.25, 0.3) is 11.8 Å². The molecule has 2 heterocycles. The predicted octanol–water partition coefficient (Wildman–Crippen LogP) is 8.20. The van der Waals surface area contributed by atoms with Gasteiger partial charge in [0.2, 0.25) is 0 Å². The number of allylic oxidation sites excluding steroid dienone is 1. The smallest absolute Gasteiger partial charge is 0.174 e. The Morgan fingerprint density at radius 3 is 2.27 bits per heavy atom. The van der Waals surface area contributed by atoms with Crippen LogP contribution in [0.3, 0.4) is 0 Å². The fourth-order valence-corrected chi connectivity index (χ4v) is 6.29. The van der Waals surface area contributed by atoms with Gasteiger partial charge in [-0.3, -0.25) is 0 Å². The second kappa shape index (κ2) is 9.67. The third kappa shape index (κ3) is 4.51. The number of thioether (sulfide) groups is 1. The Morgan fingerprint density at radius 2 is 1.59 bits per heavy atom. The minimum Gasteiger partial charge on any atom is -0.497 e. The van der Waals surface area contributed by atoms with E-state index in [0.717, 1.165) is 57.4 Å². The summed E-state index contributed by atoms with van der Waals surface area (Å²) in [7, 11) is 1.66. The van der Waals surface area contributed by atoms with Gasteiger partial charge < -0.3 is 9.64 Å². The van der Waals surface area contributed by atoms with E-state index in [1.807, 2.05) is 24.3 Å². The van der Waals surface area contributed by atoms with E-state index in [4.69, 9.17) is 9.73 Å². The van der Waals surface area contributed by atoms with Crippen molar-refractivity contribution in [2.24, 2.45) is 10.9 Å². The Balaban J connectivity index is 1.49. The van der Waals surface area contributed by atoms with Crippen molar-refractivity contribution in [1.29, 1.82) is 0 Å². The number of amidine groups is 1. The van der Waals surface area contributed by atoms with E-state index >= 15 is 0 Å². The number of benzene rings is 3. The highest BCUT2D eigenvalue weighted by Gasteiger charge is 2.41. The van der Waals surface area contributed by atoms with E-state index in [2.05, 4.69) is 35.4 Å². The molecule has 186 valence electrons. The lowest BCUT2D eigenvalue weighted by atomic mass is 9.78. The molecule has 1 aliphatic carbocycles. The van der Waals surface area contributed by atoms with E-state index in [1.54, 1.807) is 31.0 Å². The summed E-state index contributed by atoms with van der Waals surface area (Å²) in [5, 5.41) is 3.04. The molecule has 6 heteroatoms. The summed E-state index contributed by atoms with van der Waals surface area (Å²) < 4.78 is 32.8. The number of fused-ring (bicyclic) bond motifs is 1. The van der Waals surface area contributed by atoms with Gasteiger partial charge in [-0.2, -0.15) is 0 Å². The first-order valence-corrected chi connectivity index (χ1v) is 13.2. The van der Waals surface area contributed by atoms with Gasteiger partial charge in [-0.1, -0.05) is 43.0 Å². The second-order valence-corrected chi connectivity index (χ2v) is 10.5. The minimum atomic E-state index is -0.252. The summed E-state index contributed by atoms with van der Waals surface area (Å²) in [4.78, 5) is 7.47. The van der Waals surface area contributed by atoms with Crippen LogP contribution in [-0.2, 0) is 0 Å². The zero-order valence-electron chi connectivity index (χ0n) is 20.6. The molecule has 0 aromatic heterocycles. The van der Waals surface area contributed by atoms with Crippen LogP contribution >= 0.6 is 11.8 Å². The Labute approximate surface area is 219 Å². The highest BCUT2D eigenvalue weighted by molar-refractivity contribution is 8.16. The summed E-state index contributed by atoms with van der Waals surface area (Å²) in [5.41, 5.74) is 7.49. The van der Waals surface area contributed by atoms with Crippen molar-refractivity contribution in [2.75, 3.05) is 7.11 Å². The van der Waals surface area contributed by atoms with Crippen molar-refractivity contribution in [3.8, 4) is 5.75 Å². The van der Waals surface area contributed by atoms with Gasteiger partial charge in [-0.25, -0.2) is 13.8 Å². The largest absolute Gasteiger partial charge is 0.497 e. The maximum Gasteiger partial charge on any atom is 0.174 e. The summed E-state index contributed by atoms with van der Waals surface area (Å²) in [6.07, 6.45) is 3.92. The molecule has 3 aliphatic rings. The van der Waals surface area contributed by atoms with Crippen molar-refractivity contribution in [1.82, 2.24) is 4.90 Å². The van der Waals surface area contributed by atoms with E-state index in [-0.39, 0.29) is 17.7 Å². The molecule has 3 nitrogen and oxygen atoms in total. The van der Waals surface area contributed by atoms with Gasteiger partial charge in [0, 0.05) is 5.41 Å². The van der Waals surface area contributed by atoms with E-state index in [9.17, 15) is 8.78 Å². The van der Waals surface area contributed by atoms with Crippen LogP contribution in [0, 0.1) is 17.6 Å². The Hall–Kier alpha value is -3.64. The normalized spacial score (nSPS) is 21.9. The minimum absolute atomic E-state index is 0.106. The van der Waals surface area contributed by atoms with Crippen LogP contribution in [-0.4, -0.2) is 17.2 Å². The molecular weight excluding hydrogens is 486 g/mol. The lowest BCUT2D eigenvalue weighted by molar-refractivity contribution is 0.414. The highest BCUT2D eigenvalue weighted by Crippen LogP contribution is 2.52. The van der Waals surface area contributed by atoms with Crippen molar-refractivity contribution in [2.45, 2.75) is 25.8 Å². The van der Waals surface area contributed by atoms with Crippen molar-refractivity contribution in [3.63, 3.8) is 0 Å². The molecule has 0 saturated heterocycles. The van der Waals surface area contributed by atoms with Crippen molar-refractivity contribution >= 4 is 28.7 Å². The highest BCUT2D eigenvalue weighted by atomic mass is 32.2. The molecule has 3 aromatic rings. The number of hydrogen-bond acceptors (Lipinski definition) is 4. The quantitative estimate of drug-likeness (QED) is 0.352. The Kier molecular flexibility index (Phi) is 6.21. The van der Waals surface area contributed by atoms with Crippen LogP contribution in [0.2, 0.25) is 0 Å². The van der Waals surface area contributed by atoms with Gasteiger partial charge in [0.1, 0.15) is 17.4 Å². The number of ether oxygens (including phenoxy) is 1. The first kappa shape index (κ1) is 23.7. The van der Waals surface area contributed by atoms with Gasteiger partial charge in [0.05, 0.1) is 24.5 Å². The molecule has 2 atom stereocenters. The number of methoxy groups -OCH3 is 1. The van der Waals surface area contributed by atoms with Gasteiger partial charge in [0.25, 0.3) is 0 Å². The van der Waals surface area contributed by atoms with E-state index in [0.29, 0.717) is 5.92 Å². The van der Waals surface area contributed by atoms with Gasteiger partial charge in [0.15, 0.2) is 5.17 Å². The Bertz CT molecular complexity index is 1450. The lowest BCUT2D eigenvalue weighted by Crippen LogP contribution is -2.35. The van der Waals surface area contributed by atoms with Crippen LogP contribution in [0.5, 0.6) is 5.75 Å². The number of nitrogens with zero attached hydrogens (tertiary/aromatic N) is 2. The SMILES string of the molecule is COc1ccc(C2=CSC3=NC4=C(C[C@@H](C)C/C4=C\c4ccc(F)cc4)[C@@H](c4ccc(F)cc4)N23)cc1. The van der Waals surface area contributed by atoms with Crippen LogP contribution in [0.4, 0.5) is 8.78 Å². The second-order valence-electron chi connectivity index (χ2n) is 9.68. The third-order valence-electron chi connectivity index (χ3n) is 7.06. The summed E-state index contributed by atoms with van der Waals surface area (Å²) in [6.45, 7) is 2.25. The third-order valence-corrected chi connectivity index (χ3v) is 7.90. The zero-order valence-corrected chi connectivity index (χ0v) is 21.4. The summed E-state index contributed by atoms with van der Waals surface area (Å²) >= 11 is 1.61. The molecule has 0 bridgehead atoms. The van der Waals surface area contributed by atoms with Crippen LogP contribution in [0.15, 0.2) is 100 Å². The molecule has 2 aliphatic heterocycles. The molecule has 0 unspecified atom stereocenters. The van der Waals surface area contributed by atoms with Crippen LogP contribution in [0.1, 0.15) is 42.5 Å². The summed E-state index contributed by atoms with van der Waals surface area (Å²) in [5.74, 6) is 0.717. The first-order valence-electron chi connectivity index (χ1n) is 12.3. The van der Waals surface area contributed by atoms with Crippen molar-refractivity contribution in [3.05, 3.63) is 123 Å². The fraction of sp³-hybridized carbons (Fsp3) is 0.194. The molecule has 3 aromatic carbocycles. The van der Waals surface area contributed by atoms with Crippen molar-refractivity contribution < 1.29 is 13.5 Å². The maximum atomic E-state index is 14.0. The molecule has 37 heavy (non-hydrogen) atoms. The fourth-order valence-electron chi connectivity index (χ4n) is 5.37. The number of hydrogen-bond donors (Lipinski definition) is 0. The van der Waals surface area contributed by atoms with Gasteiger partial charge in [-0.15, -0.1) is 0 Å². The van der Waals surface area contributed by atoms with Gasteiger partial charge >= 0.3 is 0 Å². The van der Waals surface area contributed by atoms with E-state index in [1.165, 1.54) is 29.8 Å². The molecule has 0 spiro atoms. The average Bonchev–Trinajstić information content (AvgIpc) is 3.33. The molecular formula is C31H26F2N2OS. The first-order chi connectivity index (χ1) is 18.0. The van der Waals surface area contributed by atoms with Gasteiger partial charge in [-0.05, 0) is 101 Å². The van der Waals surface area contributed by atoms with Crippen LogP contribution < -0.4 is 4.74 Å². The lowest BCUT2D eigenvalue weighted by Gasteiger charge is -2.41. The molecule has 6 rings (SSSR count). The van der Waals surface area contributed by atoms with E-state index < -0.39 is 0 Å². The monoisotopic (exact) mass is 512 g/mol. The number of halogens is 2. The summed E-state index contributed by atoms with van der Waals surface area (Å²) in [6, 6.07) is 21.3. The maximum absolute atomic E-state index is 14.0. The molecule has 0 fully saturated rings. The average molecular weight is 513 g/mol. The zero-order chi connectivity index (χ0) is 25.5. The standard InChI is InChI=1S/C31H26F2N2OS/c1-19-15-23(17-20-3-9-24(32)10-4-20)29-27(16-19)30(22-5-11-25(33)12-6-22)35-28(18-37-31(35)34-29)21-7-13-26(36-2)14-8-21/h3-14,17-19,30H,15-16H2,1-2H3/b23-17+/t19-,30+/m0/s1. The number of aliphatic imine (C=N–C) groups is 1.